The third-order valence-corrected chi connectivity index (χ3v) is 5.95. The van der Waals surface area contributed by atoms with Crippen LogP contribution in [-0.4, -0.2) is 73.1 Å². The molecule has 1 amide bonds. The van der Waals surface area contributed by atoms with Gasteiger partial charge in [-0.1, -0.05) is 0 Å². The summed E-state index contributed by atoms with van der Waals surface area (Å²) in [6.07, 6.45) is 4.93. The standard InChI is InChI=1S/C17H27FN2O3/c18-14-4-8-19(11-14)7-3-13-9-20(10-13)16(21)23-15-1-5-17(6-2-15)12-22-17/h13-15H,1-12H2. The summed E-state index contributed by atoms with van der Waals surface area (Å²) in [6, 6.07) is 0. The summed E-state index contributed by atoms with van der Waals surface area (Å²) in [4.78, 5) is 16.1. The van der Waals surface area contributed by atoms with Crippen molar-refractivity contribution in [1.29, 1.82) is 0 Å². The van der Waals surface area contributed by atoms with Crippen LogP contribution in [0.4, 0.5) is 9.18 Å². The molecular formula is C17H27FN2O3. The smallest absolute Gasteiger partial charge is 0.410 e. The van der Waals surface area contributed by atoms with Gasteiger partial charge in [0, 0.05) is 26.2 Å². The second-order valence-corrected chi connectivity index (χ2v) is 7.80. The third-order valence-electron chi connectivity index (χ3n) is 5.95. The molecule has 3 saturated heterocycles. The molecule has 5 nitrogen and oxygen atoms in total. The summed E-state index contributed by atoms with van der Waals surface area (Å²) in [5.41, 5.74) is 0.152. The Hall–Kier alpha value is -0.880. The van der Waals surface area contributed by atoms with Gasteiger partial charge in [-0.15, -0.1) is 0 Å². The maximum Gasteiger partial charge on any atom is 0.410 e. The molecule has 3 aliphatic heterocycles. The molecule has 1 spiro atoms. The van der Waals surface area contributed by atoms with Crippen LogP contribution < -0.4 is 0 Å². The highest BCUT2D eigenvalue weighted by atomic mass is 19.1. The van der Waals surface area contributed by atoms with E-state index in [2.05, 4.69) is 4.90 Å². The van der Waals surface area contributed by atoms with Crippen molar-refractivity contribution < 1.29 is 18.7 Å². The van der Waals surface area contributed by atoms with E-state index < -0.39 is 6.17 Å². The summed E-state index contributed by atoms with van der Waals surface area (Å²) < 4.78 is 24.2. The maximum absolute atomic E-state index is 13.1. The molecule has 6 heteroatoms. The van der Waals surface area contributed by atoms with Crippen LogP contribution in [0.3, 0.4) is 0 Å². The molecule has 3 heterocycles. The average Bonchev–Trinajstić information content (AvgIpc) is 3.12. The van der Waals surface area contributed by atoms with Gasteiger partial charge in [-0.25, -0.2) is 9.18 Å². The van der Waals surface area contributed by atoms with Crippen molar-refractivity contribution in [3.8, 4) is 0 Å². The van der Waals surface area contributed by atoms with Gasteiger partial charge in [0.05, 0.1) is 12.2 Å². The molecule has 1 saturated carbocycles. The number of carbonyl (C=O) groups is 1. The molecule has 0 aromatic rings. The van der Waals surface area contributed by atoms with Crippen molar-refractivity contribution in [1.82, 2.24) is 9.80 Å². The van der Waals surface area contributed by atoms with Gasteiger partial charge >= 0.3 is 6.09 Å². The topological polar surface area (TPSA) is 45.3 Å². The van der Waals surface area contributed by atoms with Gasteiger partial charge in [0.2, 0.25) is 0 Å². The van der Waals surface area contributed by atoms with Crippen molar-refractivity contribution >= 4 is 6.09 Å². The molecule has 1 aliphatic carbocycles. The lowest BCUT2D eigenvalue weighted by atomic mass is 9.88. The Kier molecular flexibility index (Phi) is 4.22. The lowest BCUT2D eigenvalue weighted by Gasteiger charge is -2.40. The van der Waals surface area contributed by atoms with Crippen LogP contribution in [0.25, 0.3) is 0 Å². The first-order valence-electron chi connectivity index (χ1n) is 9.08. The van der Waals surface area contributed by atoms with Crippen LogP contribution in [0, 0.1) is 5.92 Å². The maximum atomic E-state index is 13.1. The molecule has 0 aromatic carbocycles. The number of hydrogen-bond acceptors (Lipinski definition) is 4. The molecule has 1 unspecified atom stereocenters. The first-order valence-corrected chi connectivity index (χ1v) is 9.08. The lowest BCUT2D eigenvalue weighted by Crippen LogP contribution is -2.51. The second-order valence-electron chi connectivity index (χ2n) is 7.80. The van der Waals surface area contributed by atoms with Gasteiger partial charge in [-0.2, -0.15) is 0 Å². The highest BCUT2D eigenvalue weighted by molar-refractivity contribution is 5.68. The molecule has 130 valence electrons. The molecule has 0 bridgehead atoms. The van der Waals surface area contributed by atoms with Gasteiger partial charge in [0.25, 0.3) is 0 Å². The van der Waals surface area contributed by atoms with E-state index in [-0.39, 0.29) is 17.8 Å². The molecule has 0 N–H and O–H groups in total. The number of amides is 1. The molecule has 4 rings (SSSR count). The molecular weight excluding hydrogens is 299 g/mol. The summed E-state index contributed by atoms with van der Waals surface area (Å²) in [5, 5.41) is 0. The minimum atomic E-state index is -0.640. The Morgan fingerprint density at radius 2 is 1.96 bits per heavy atom. The molecule has 4 aliphatic rings. The normalized spacial score (nSPS) is 37.9. The number of halogens is 1. The Balaban J connectivity index is 1.11. The Morgan fingerprint density at radius 1 is 1.22 bits per heavy atom. The van der Waals surface area contributed by atoms with Gasteiger partial charge in [0.15, 0.2) is 0 Å². The molecule has 1 atom stereocenters. The van der Waals surface area contributed by atoms with E-state index in [9.17, 15) is 9.18 Å². The monoisotopic (exact) mass is 326 g/mol. The second kappa shape index (κ2) is 6.20. The van der Waals surface area contributed by atoms with E-state index in [4.69, 9.17) is 9.47 Å². The number of rotatable bonds is 4. The third kappa shape index (κ3) is 3.63. The van der Waals surface area contributed by atoms with Crippen molar-refractivity contribution in [3.05, 3.63) is 0 Å². The number of ether oxygens (including phenoxy) is 2. The molecule has 0 aromatic heterocycles. The number of carbonyl (C=O) groups excluding carboxylic acids is 1. The van der Waals surface area contributed by atoms with Crippen LogP contribution in [-0.2, 0) is 9.47 Å². The fraction of sp³-hybridized carbons (Fsp3) is 0.941. The Labute approximate surface area is 137 Å². The number of hydrogen-bond donors (Lipinski definition) is 0. The Bertz CT molecular complexity index is 441. The number of epoxide rings is 1. The Morgan fingerprint density at radius 3 is 2.57 bits per heavy atom. The average molecular weight is 326 g/mol. The number of alkyl halides is 1. The van der Waals surface area contributed by atoms with Crippen LogP contribution in [0.2, 0.25) is 0 Å². The van der Waals surface area contributed by atoms with Crippen LogP contribution in [0.5, 0.6) is 0 Å². The minimum Gasteiger partial charge on any atom is -0.446 e. The van der Waals surface area contributed by atoms with E-state index in [0.717, 1.165) is 64.9 Å². The highest BCUT2D eigenvalue weighted by Gasteiger charge is 2.47. The predicted octanol–water partition coefficient (Wildman–Crippen LogP) is 2.20. The van der Waals surface area contributed by atoms with Gasteiger partial charge in [0.1, 0.15) is 12.3 Å². The largest absolute Gasteiger partial charge is 0.446 e. The first-order chi connectivity index (χ1) is 11.1. The van der Waals surface area contributed by atoms with Gasteiger partial charge in [-0.05, 0) is 51.0 Å². The predicted molar refractivity (Wildman–Crippen MR) is 83.1 cm³/mol. The van der Waals surface area contributed by atoms with Crippen molar-refractivity contribution in [2.75, 3.05) is 39.3 Å². The molecule has 4 fully saturated rings. The first kappa shape index (κ1) is 15.6. The van der Waals surface area contributed by atoms with Gasteiger partial charge in [-0.3, -0.25) is 0 Å². The van der Waals surface area contributed by atoms with Crippen molar-refractivity contribution in [2.24, 2.45) is 5.92 Å². The van der Waals surface area contributed by atoms with E-state index in [0.29, 0.717) is 18.9 Å². The van der Waals surface area contributed by atoms with Crippen LogP contribution in [0.15, 0.2) is 0 Å². The van der Waals surface area contributed by atoms with Crippen molar-refractivity contribution in [3.63, 3.8) is 0 Å². The zero-order valence-electron chi connectivity index (χ0n) is 13.7. The fourth-order valence-electron chi connectivity index (χ4n) is 4.10. The van der Waals surface area contributed by atoms with E-state index >= 15 is 0 Å². The summed E-state index contributed by atoms with van der Waals surface area (Å²) in [7, 11) is 0. The quantitative estimate of drug-likeness (QED) is 0.743. The SMILES string of the molecule is O=C(OC1CCC2(CC1)CO2)N1CC(CCN2CCC(F)C2)C1. The lowest BCUT2D eigenvalue weighted by molar-refractivity contribution is 0.00525. The summed E-state index contributed by atoms with van der Waals surface area (Å²) in [6.45, 7) is 4.91. The summed E-state index contributed by atoms with van der Waals surface area (Å²) >= 11 is 0. The summed E-state index contributed by atoms with van der Waals surface area (Å²) in [5.74, 6) is 0.552. The van der Waals surface area contributed by atoms with Crippen LogP contribution >= 0.6 is 0 Å². The number of likely N-dealkylation sites (tertiary alicyclic amines) is 2. The molecule has 23 heavy (non-hydrogen) atoms. The van der Waals surface area contributed by atoms with Crippen molar-refractivity contribution in [2.45, 2.75) is 56.4 Å². The minimum absolute atomic E-state index is 0.0717. The van der Waals surface area contributed by atoms with Gasteiger partial charge < -0.3 is 19.3 Å². The molecule has 0 radical (unpaired) electrons. The zero-order chi connectivity index (χ0) is 15.9. The van der Waals surface area contributed by atoms with Crippen LogP contribution in [0.1, 0.15) is 38.5 Å². The van der Waals surface area contributed by atoms with E-state index in [1.54, 1.807) is 0 Å². The highest BCUT2D eigenvalue weighted by Crippen LogP contribution is 2.42. The zero-order valence-corrected chi connectivity index (χ0v) is 13.7. The fourth-order valence-corrected chi connectivity index (χ4v) is 4.10. The number of nitrogens with zero attached hydrogens (tertiary/aromatic N) is 2. The van der Waals surface area contributed by atoms with E-state index in [1.165, 1.54) is 0 Å². The van der Waals surface area contributed by atoms with E-state index in [1.807, 2.05) is 4.90 Å².